The van der Waals surface area contributed by atoms with Crippen molar-refractivity contribution in [1.29, 1.82) is 0 Å². The number of hydrogen-bond donors (Lipinski definition) is 0. The minimum Gasteiger partial charge on any atom is -0.489 e. The Morgan fingerprint density at radius 2 is 2.04 bits per heavy atom. The van der Waals surface area contributed by atoms with E-state index in [1.807, 2.05) is 6.07 Å². The van der Waals surface area contributed by atoms with Crippen molar-refractivity contribution < 1.29 is 4.74 Å². The zero-order chi connectivity index (χ0) is 17.3. The zero-order valence-corrected chi connectivity index (χ0v) is 14.9. The van der Waals surface area contributed by atoms with Crippen molar-refractivity contribution in [2.45, 2.75) is 31.3 Å². The molecule has 128 valence electrons. The van der Waals surface area contributed by atoms with Gasteiger partial charge in [-0.05, 0) is 48.1 Å². The molecule has 0 bridgehead atoms. The molecule has 1 atom stereocenters. The highest BCUT2D eigenvalue weighted by Gasteiger charge is 2.44. The van der Waals surface area contributed by atoms with Gasteiger partial charge < -0.3 is 9.64 Å². The maximum atomic E-state index is 6.10. The Balaban J connectivity index is 1.65. The first-order valence-corrected chi connectivity index (χ1v) is 9.06. The van der Waals surface area contributed by atoms with E-state index in [0.717, 1.165) is 31.6 Å². The van der Waals surface area contributed by atoms with Crippen molar-refractivity contribution in [1.82, 2.24) is 4.90 Å². The second-order valence-electron chi connectivity index (χ2n) is 7.13. The van der Waals surface area contributed by atoms with E-state index in [9.17, 15) is 0 Å². The molecule has 0 amide bonds. The Hall–Kier alpha value is -2.48. The first-order chi connectivity index (χ1) is 12.2. The van der Waals surface area contributed by atoms with Crippen molar-refractivity contribution in [3.8, 4) is 5.75 Å². The number of ether oxygens (including phenoxy) is 1. The fraction of sp³-hybridized carbons (Fsp3) is 0.304. The standard InChI is InChI=1S/C23H25NO/c1-3-13-23-14-15-24(2)22(23)12-10-19-9-11-20(16-21(19)23)25-17-18-7-5-4-6-8-18/h3-9,11-12,16H,1,10,13-15,17H2,2H3. The highest BCUT2D eigenvalue weighted by atomic mass is 16.5. The molecule has 2 aromatic carbocycles. The van der Waals surface area contributed by atoms with Crippen LogP contribution in [0.1, 0.15) is 29.5 Å². The molecule has 1 heterocycles. The molecule has 0 aromatic heterocycles. The quantitative estimate of drug-likeness (QED) is 0.726. The fourth-order valence-corrected chi connectivity index (χ4v) is 4.38. The minimum absolute atomic E-state index is 0.0796. The third kappa shape index (κ3) is 2.76. The van der Waals surface area contributed by atoms with E-state index in [2.05, 4.69) is 73.1 Å². The summed E-state index contributed by atoms with van der Waals surface area (Å²) < 4.78 is 6.10. The predicted octanol–water partition coefficient (Wildman–Crippen LogP) is 4.86. The molecule has 0 spiro atoms. The van der Waals surface area contributed by atoms with Crippen molar-refractivity contribution in [3.63, 3.8) is 0 Å². The lowest BCUT2D eigenvalue weighted by Gasteiger charge is -2.36. The Bertz CT molecular complexity index is 808. The Morgan fingerprint density at radius 3 is 2.84 bits per heavy atom. The van der Waals surface area contributed by atoms with Gasteiger partial charge in [0.1, 0.15) is 12.4 Å². The molecule has 2 heteroatoms. The van der Waals surface area contributed by atoms with E-state index in [4.69, 9.17) is 4.74 Å². The van der Waals surface area contributed by atoms with Crippen LogP contribution in [0.3, 0.4) is 0 Å². The van der Waals surface area contributed by atoms with E-state index in [-0.39, 0.29) is 5.41 Å². The van der Waals surface area contributed by atoms with Gasteiger partial charge in [0.15, 0.2) is 0 Å². The number of hydrogen-bond acceptors (Lipinski definition) is 2. The van der Waals surface area contributed by atoms with Crippen LogP contribution in [0.15, 0.2) is 73.0 Å². The second kappa shape index (κ2) is 6.44. The SMILES string of the molecule is C=CCC12CCN(C)C1=CCc1ccc(OCc3ccccc3)cc12. The third-order valence-corrected chi connectivity index (χ3v) is 5.63. The molecule has 1 aliphatic heterocycles. The minimum atomic E-state index is 0.0796. The highest BCUT2D eigenvalue weighted by Crippen LogP contribution is 2.49. The summed E-state index contributed by atoms with van der Waals surface area (Å²) in [5.41, 5.74) is 5.59. The average Bonchev–Trinajstić information content (AvgIpc) is 2.98. The van der Waals surface area contributed by atoms with Gasteiger partial charge in [-0.25, -0.2) is 0 Å². The van der Waals surface area contributed by atoms with Gasteiger partial charge in [-0.1, -0.05) is 48.6 Å². The lowest BCUT2D eigenvalue weighted by atomic mass is 9.69. The molecule has 0 saturated carbocycles. The van der Waals surface area contributed by atoms with E-state index < -0.39 is 0 Å². The molecule has 1 aliphatic carbocycles. The number of allylic oxidation sites excluding steroid dienone is 3. The summed E-state index contributed by atoms with van der Waals surface area (Å²) in [6.07, 6.45) is 7.62. The molecule has 2 aliphatic rings. The van der Waals surface area contributed by atoms with Crippen LogP contribution in [0.2, 0.25) is 0 Å². The molecule has 2 aromatic rings. The summed E-state index contributed by atoms with van der Waals surface area (Å²) >= 11 is 0. The monoisotopic (exact) mass is 331 g/mol. The molecule has 1 fully saturated rings. The van der Waals surface area contributed by atoms with Crippen LogP contribution in [-0.4, -0.2) is 18.5 Å². The second-order valence-corrected chi connectivity index (χ2v) is 7.13. The summed E-state index contributed by atoms with van der Waals surface area (Å²) in [6, 6.07) is 17.0. The molecular formula is C23H25NO. The van der Waals surface area contributed by atoms with Gasteiger partial charge in [-0.15, -0.1) is 6.58 Å². The summed E-state index contributed by atoms with van der Waals surface area (Å²) in [5.74, 6) is 0.960. The summed E-state index contributed by atoms with van der Waals surface area (Å²) in [4.78, 5) is 2.41. The highest BCUT2D eigenvalue weighted by molar-refractivity contribution is 5.51. The van der Waals surface area contributed by atoms with Crippen LogP contribution in [0.25, 0.3) is 0 Å². The average molecular weight is 331 g/mol. The van der Waals surface area contributed by atoms with Gasteiger partial charge in [0.25, 0.3) is 0 Å². The van der Waals surface area contributed by atoms with E-state index >= 15 is 0 Å². The van der Waals surface area contributed by atoms with Crippen LogP contribution in [0, 0.1) is 0 Å². The number of benzene rings is 2. The summed E-state index contributed by atoms with van der Waals surface area (Å²) in [5, 5.41) is 0. The lowest BCUT2D eigenvalue weighted by Crippen LogP contribution is -2.31. The van der Waals surface area contributed by atoms with Crippen LogP contribution in [-0.2, 0) is 18.4 Å². The number of rotatable bonds is 5. The van der Waals surface area contributed by atoms with E-state index in [1.165, 1.54) is 22.4 Å². The molecular weight excluding hydrogens is 306 g/mol. The number of nitrogens with zero attached hydrogens (tertiary/aromatic N) is 1. The van der Waals surface area contributed by atoms with Gasteiger partial charge >= 0.3 is 0 Å². The van der Waals surface area contributed by atoms with Crippen molar-refractivity contribution in [3.05, 3.63) is 89.6 Å². The number of likely N-dealkylation sites (N-methyl/N-ethyl adjacent to an activating group) is 1. The molecule has 0 N–H and O–H groups in total. The van der Waals surface area contributed by atoms with E-state index in [1.54, 1.807) is 0 Å². The number of fused-ring (bicyclic) bond motifs is 3. The van der Waals surface area contributed by atoms with Gasteiger partial charge in [0.05, 0.1) is 0 Å². The molecule has 1 unspecified atom stereocenters. The lowest BCUT2D eigenvalue weighted by molar-refractivity contribution is 0.305. The van der Waals surface area contributed by atoms with Crippen LogP contribution < -0.4 is 4.74 Å². The smallest absolute Gasteiger partial charge is 0.120 e. The normalized spacial score (nSPS) is 21.3. The number of likely N-dealkylation sites (tertiary alicyclic amines) is 1. The summed E-state index contributed by atoms with van der Waals surface area (Å²) in [7, 11) is 2.21. The van der Waals surface area contributed by atoms with Crippen LogP contribution >= 0.6 is 0 Å². The van der Waals surface area contributed by atoms with E-state index in [0.29, 0.717) is 6.61 Å². The third-order valence-electron chi connectivity index (χ3n) is 5.63. The van der Waals surface area contributed by atoms with Crippen molar-refractivity contribution >= 4 is 0 Å². The topological polar surface area (TPSA) is 12.5 Å². The molecule has 0 radical (unpaired) electrons. The Morgan fingerprint density at radius 1 is 1.20 bits per heavy atom. The first-order valence-electron chi connectivity index (χ1n) is 9.06. The fourth-order valence-electron chi connectivity index (χ4n) is 4.38. The predicted molar refractivity (Wildman–Crippen MR) is 103 cm³/mol. The summed E-state index contributed by atoms with van der Waals surface area (Å²) in [6.45, 7) is 5.74. The largest absolute Gasteiger partial charge is 0.489 e. The van der Waals surface area contributed by atoms with Gasteiger partial charge in [0.2, 0.25) is 0 Å². The Labute approximate surface area is 150 Å². The Kier molecular flexibility index (Phi) is 4.12. The first kappa shape index (κ1) is 16.0. The van der Waals surface area contributed by atoms with Gasteiger partial charge in [-0.2, -0.15) is 0 Å². The van der Waals surface area contributed by atoms with Gasteiger partial charge in [0, 0.05) is 24.7 Å². The van der Waals surface area contributed by atoms with Crippen LogP contribution in [0.5, 0.6) is 5.75 Å². The molecule has 2 nitrogen and oxygen atoms in total. The van der Waals surface area contributed by atoms with Crippen molar-refractivity contribution in [2.75, 3.05) is 13.6 Å². The van der Waals surface area contributed by atoms with Crippen LogP contribution in [0.4, 0.5) is 0 Å². The zero-order valence-electron chi connectivity index (χ0n) is 14.9. The van der Waals surface area contributed by atoms with Crippen molar-refractivity contribution in [2.24, 2.45) is 0 Å². The van der Waals surface area contributed by atoms with Gasteiger partial charge in [-0.3, -0.25) is 0 Å². The molecule has 25 heavy (non-hydrogen) atoms. The maximum Gasteiger partial charge on any atom is 0.120 e. The molecule has 1 saturated heterocycles. The maximum absolute atomic E-state index is 6.10. The molecule has 4 rings (SSSR count).